The summed E-state index contributed by atoms with van der Waals surface area (Å²) in [5, 5.41) is 19.1. The molecule has 0 aliphatic rings. The number of rotatable bonds is 6. The molecular formula is C23H17ClN4O3. The maximum Gasteiger partial charge on any atom is 0.271 e. The molecule has 0 spiro atoms. The van der Waals surface area contributed by atoms with Gasteiger partial charge in [0.1, 0.15) is 5.69 Å². The number of non-ortho nitro benzene ring substituents is 1. The van der Waals surface area contributed by atoms with Crippen molar-refractivity contribution < 1.29 is 9.72 Å². The van der Waals surface area contributed by atoms with Gasteiger partial charge in [-0.1, -0.05) is 66.2 Å². The highest BCUT2D eigenvalue weighted by Crippen LogP contribution is 2.29. The van der Waals surface area contributed by atoms with Crippen molar-refractivity contribution >= 4 is 23.2 Å². The molecule has 1 aromatic heterocycles. The van der Waals surface area contributed by atoms with Crippen molar-refractivity contribution in [2.45, 2.75) is 6.54 Å². The van der Waals surface area contributed by atoms with Crippen LogP contribution in [0.2, 0.25) is 5.02 Å². The summed E-state index contributed by atoms with van der Waals surface area (Å²) in [6.45, 7) is 0.335. The van der Waals surface area contributed by atoms with Crippen LogP contribution >= 0.6 is 11.6 Å². The van der Waals surface area contributed by atoms with Crippen LogP contribution in [0.5, 0.6) is 0 Å². The Morgan fingerprint density at radius 3 is 2.48 bits per heavy atom. The van der Waals surface area contributed by atoms with E-state index in [4.69, 9.17) is 11.6 Å². The first kappa shape index (κ1) is 20.3. The Balaban J connectivity index is 1.75. The molecule has 4 rings (SSSR count). The fourth-order valence-corrected chi connectivity index (χ4v) is 3.38. The first-order valence-corrected chi connectivity index (χ1v) is 9.82. The summed E-state index contributed by atoms with van der Waals surface area (Å²) in [6, 6.07) is 24.3. The average molecular weight is 433 g/mol. The van der Waals surface area contributed by atoms with Crippen LogP contribution in [-0.2, 0) is 6.54 Å². The van der Waals surface area contributed by atoms with Crippen molar-refractivity contribution in [3.05, 3.63) is 111 Å². The van der Waals surface area contributed by atoms with Gasteiger partial charge in [-0.3, -0.25) is 14.9 Å². The predicted octanol–water partition coefficient (Wildman–Crippen LogP) is 5.03. The lowest BCUT2D eigenvalue weighted by molar-refractivity contribution is -0.384. The summed E-state index contributed by atoms with van der Waals surface area (Å²) in [5.74, 6) is -0.360. The SMILES string of the molecule is O=C(NCc1ccccc1)c1cc(-c2ccccc2Cl)nn1-c1cccc([N+](=O)[O-])c1. The maximum absolute atomic E-state index is 13.0. The number of nitrogens with zero attached hydrogens (tertiary/aromatic N) is 3. The Morgan fingerprint density at radius 2 is 1.74 bits per heavy atom. The third kappa shape index (κ3) is 4.46. The molecule has 0 bridgehead atoms. The zero-order valence-corrected chi connectivity index (χ0v) is 17.0. The van der Waals surface area contributed by atoms with Crippen LogP contribution in [-0.4, -0.2) is 20.6 Å². The molecule has 1 N–H and O–H groups in total. The minimum atomic E-state index is -0.489. The molecule has 0 saturated heterocycles. The number of amides is 1. The van der Waals surface area contributed by atoms with Gasteiger partial charge in [0, 0.05) is 24.2 Å². The molecule has 0 atom stereocenters. The van der Waals surface area contributed by atoms with Crippen LogP contribution in [0.15, 0.2) is 84.9 Å². The minimum absolute atomic E-state index is 0.0945. The number of aromatic nitrogens is 2. The fourth-order valence-electron chi connectivity index (χ4n) is 3.15. The molecule has 1 heterocycles. The van der Waals surface area contributed by atoms with Crippen molar-refractivity contribution in [3.63, 3.8) is 0 Å². The minimum Gasteiger partial charge on any atom is -0.347 e. The van der Waals surface area contributed by atoms with Gasteiger partial charge in [0.25, 0.3) is 11.6 Å². The van der Waals surface area contributed by atoms with Gasteiger partial charge in [-0.25, -0.2) is 4.68 Å². The van der Waals surface area contributed by atoms with E-state index < -0.39 is 4.92 Å². The van der Waals surface area contributed by atoms with Gasteiger partial charge in [-0.2, -0.15) is 5.10 Å². The molecule has 31 heavy (non-hydrogen) atoms. The zero-order chi connectivity index (χ0) is 21.8. The van der Waals surface area contributed by atoms with E-state index in [1.165, 1.54) is 16.8 Å². The second-order valence-corrected chi connectivity index (χ2v) is 7.16. The van der Waals surface area contributed by atoms with Gasteiger partial charge in [-0.05, 0) is 23.8 Å². The standard InChI is InChI=1S/C23H17ClN4O3/c24-20-12-5-4-11-19(20)21-14-22(23(29)25-15-16-7-2-1-3-8-16)27(26-21)17-9-6-10-18(13-17)28(30)31/h1-14H,15H2,(H,25,29). The van der Waals surface area contributed by atoms with Crippen molar-refractivity contribution in [1.29, 1.82) is 0 Å². The topological polar surface area (TPSA) is 90.1 Å². The summed E-state index contributed by atoms with van der Waals surface area (Å²) in [4.78, 5) is 23.7. The predicted molar refractivity (Wildman–Crippen MR) is 118 cm³/mol. The smallest absolute Gasteiger partial charge is 0.271 e. The Morgan fingerprint density at radius 1 is 1.00 bits per heavy atom. The summed E-state index contributed by atoms with van der Waals surface area (Å²) >= 11 is 6.31. The number of carbonyl (C=O) groups is 1. The summed E-state index contributed by atoms with van der Waals surface area (Å²) in [5.41, 5.74) is 2.64. The number of hydrogen-bond donors (Lipinski definition) is 1. The van der Waals surface area contributed by atoms with Gasteiger partial charge in [0.2, 0.25) is 0 Å². The van der Waals surface area contributed by atoms with Crippen LogP contribution in [0.4, 0.5) is 5.69 Å². The van der Waals surface area contributed by atoms with E-state index in [0.29, 0.717) is 28.5 Å². The Kier molecular flexibility index (Phi) is 5.77. The Labute approximate surface area is 183 Å². The number of halogens is 1. The molecule has 0 aliphatic heterocycles. The van der Waals surface area contributed by atoms with Crippen LogP contribution in [0.3, 0.4) is 0 Å². The normalized spacial score (nSPS) is 10.6. The lowest BCUT2D eigenvalue weighted by Gasteiger charge is -2.08. The Hall–Kier alpha value is -3.97. The first-order valence-electron chi connectivity index (χ1n) is 9.45. The molecule has 7 nitrogen and oxygen atoms in total. The van der Waals surface area contributed by atoms with E-state index >= 15 is 0 Å². The summed E-state index contributed by atoms with van der Waals surface area (Å²) in [7, 11) is 0. The van der Waals surface area contributed by atoms with Crippen molar-refractivity contribution in [2.75, 3.05) is 0 Å². The van der Waals surface area contributed by atoms with Gasteiger partial charge in [0.05, 0.1) is 21.3 Å². The fraction of sp³-hybridized carbons (Fsp3) is 0.0435. The molecule has 0 saturated carbocycles. The molecule has 0 fully saturated rings. The summed E-state index contributed by atoms with van der Waals surface area (Å²) < 4.78 is 1.39. The van der Waals surface area contributed by atoms with E-state index in [1.54, 1.807) is 36.4 Å². The van der Waals surface area contributed by atoms with Crippen LogP contribution < -0.4 is 5.32 Å². The second kappa shape index (κ2) is 8.81. The van der Waals surface area contributed by atoms with Crippen LogP contribution in [0.1, 0.15) is 16.1 Å². The van der Waals surface area contributed by atoms with Gasteiger partial charge < -0.3 is 5.32 Å². The number of nitrogens with one attached hydrogen (secondary N) is 1. The monoisotopic (exact) mass is 432 g/mol. The highest BCUT2D eigenvalue weighted by atomic mass is 35.5. The number of hydrogen-bond acceptors (Lipinski definition) is 4. The van der Waals surface area contributed by atoms with E-state index in [9.17, 15) is 14.9 Å². The maximum atomic E-state index is 13.0. The molecule has 154 valence electrons. The molecule has 3 aromatic carbocycles. The van der Waals surface area contributed by atoms with Gasteiger partial charge >= 0.3 is 0 Å². The van der Waals surface area contributed by atoms with Gasteiger partial charge in [0.15, 0.2) is 0 Å². The van der Waals surface area contributed by atoms with Crippen molar-refractivity contribution in [2.24, 2.45) is 0 Å². The molecular weight excluding hydrogens is 416 g/mol. The zero-order valence-electron chi connectivity index (χ0n) is 16.2. The molecule has 0 unspecified atom stereocenters. The van der Waals surface area contributed by atoms with Crippen molar-refractivity contribution in [3.8, 4) is 16.9 Å². The van der Waals surface area contributed by atoms with Crippen LogP contribution in [0.25, 0.3) is 16.9 Å². The highest BCUT2D eigenvalue weighted by molar-refractivity contribution is 6.33. The molecule has 1 amide bonds. The number of nitro groups is 1. The lowest BCUT2D eigenvalue weighted by Crippen LogP contribution is -2.25. The number of nitro benzene ring substituents is 1. The van der Waals surface area contributed by atoms with E-state index in [-0.39, 0.29) is 17.3 Å². The van der Waals surface area contributed by atoms with E-state index in [0.717, 1.165) is 5.56 Å². The quantitative estimate of drug-likeness (QED) is 0.341. The third-order valence-corrected chi connectivity index (χ3v) is 5.00. The van der Waals surface area contributed by atoms with Crippen LogP contribution in [0, 0.1) is 10.1 Å². The summed E-state index contributed by atoms with van der Waals surface area (Å²) in [6.07, 6.45) is 0. The second-order valence-electron chi connectivity index (χ2n) is 6.75. The molecule has 8 heteroatoms. The average Bonchev–Trinajstić information content (AvgIpc) is 3.24. The van der Waals surface area contributed by atoms with E-state index in [1.807, 2.05) is 36.4 Å². The highest BCUT2D eigenvalue weighted by Gasteiger charge is 2.20. The van der Waals surface area contributed by atoms with Gasteiger partial charge in [-0.15, -0.1) is 0 Å². The molecule has 0 radical (unpaired) electrons. The van der Waals surface area contributed by atoms with E-state index in [2.05, 4.69) is 10.4 Å². The molecule has 4 aromatic rings. The first-order chi connectivity index (χ1) is 15.0. The largest absolute Gasteiger partial charge is 0.347 e. The third-order valence-electron chi connectivity index (χ3n) is 4.67. The number of benzene rings is 3. The Bertz CT molecular complexity index is 1250. The number of carbonyl (C=O) groups excluding carboxylic acids is 1. The molecule has 0 aliphatic carbocycles. The lowest BCUT2D eigenvalue weighted by atomic mass is 10.1. The van der Waals surface area contributed by atoms with Crippen molar-refractivity contribution in [1.82, 2.24) is 15.1 Å².